The van der Waals surface area contributed by atoms with Crippen LogP contribution in [-0.4, -0.2) is 22.3 Å². The topological polar surface area (TPSA) is 27.1 Å². The highest BCUT2D eigenvalue weighted by Gasteiger charge is 2.18. The quantitative estimate of drug-likeness (QED) is 0.771. The smallest absolute Gasteiger partial charge is 0.106 e. The summed E-state index contributed by atoms with van der Waals surface area (Å²) in [5, 5.41) is 0. The van der Waals surface area contributed by atoms with E-state index in [2.05, 4.69) is 34.7 Å². The van der Waals surface area contributed by atoms with Crippen LogP contribution in [0.5, 0.6) is 0 Å². The molecule has 3 heteroatoms. The van der Waals surface area contributed by atoms with Gasteiger partial charge in [-0.05, 0) is 31.9 Å². The van der Waals surface area contributed by atoms with Crippen LogP contribution in [0.2, 0.25) is 0 Å². The lowest BCUT2D eigenvalue weighted by molar-refractivity contribution is 0.0974. The molecule has 3 nitrogen and oxygen atoms in total. The Morgan fingerprint density at radius 1 is 1.44 bits per heavy atom. The Morgan fingerprint density at radius 2 is 2.31 bits per heavy atom. The van der Waals surface area contributed by atoms with Crippen LogP contribution in [0.15, 0.2) is 24.3 Å². The normalized spacial score (nSPS) is 20.7. The number of imidazole rings is 1. The van der Waals surface area contributed by atoms with Gasteiger partial charge in [0.25, 0.3) is 0 Å². The molecule has 0 bridgehead atoms. The van der Waals surface area contributed by atoms with Gasteiger partial charge in [-0.1, -0.05) is 12.1 Å². The van der Waals surface area contributed by atoms with Crippen LogP contribution in [0.3, 0.4) is 0 Å². The van der Waals surface area contributed by atoms with Crippen LogP contribution in [0, 0.1) is 6.92 Å². The van der Waals surface area contributed by atoms with Crippen molar-refractivity contribution in [3.05, 3.63) is 30.1 Å². The summed E-state index contributed by atoms with van der Waals surface area (Å²) in [7, 11) is 0. The summed E-state index contributed by atoms with van der Waals surface area (Å²) in [6.07, 6.45) is 2.73. The summed E-state index contributed by atoms with van der Waals surface area (Å²) in [5.41, 5.74) is 2.30. The second kappa shape index (κ2) is 3.91. The first-order chi connectivity index (χ1) is 7.84. The SMILES string of the molecule is Cc1nc2ccccc2n1C[C@@H]1CCCO1. The van der Waals surface area contributed by atoms with E-state index < -0.39 is 0 Å². The minimum atomic E-state index is 0.372. The van der Waals surface area contributed by atoms with Gasteiger partial charge < -0.3 is 9.30 Å². The average molecular weight is 216 g/mol. The molecule has 2 heterocycles. The fourth-order valence-electron chi connectivity index (χ4n) is 2.42. The number of rotatable bonds is 2. The molecule has 0 N–H and O–H groups in total. The summed E-state index contributed by atoms with van der Waals surface area (Å²) in [6.45, 7) is 3.91. The maximum absolute atomic E-state index is 5.68. The molecule has 1 saturated heterocycles. The first kappa shape index (κ1) is 9.85. The average Bonchev–Trinajstić information content (AvgIpc) is 2.89. The van der Waals surface area contributed by atoms with Gasteiger partial charge in [-0.3, -0.25) is 0 Å². The molecule has 1 atom stereocenters. The van der Waals surface area contributed by atoms with E-state index in [1.807, 2.05) is 6.07 Å². The van der Waals surface area contributed by atoms with Crippen LogP contribution in [-0.2, 0) is 11.3 Å². The molecule has 0 aliphatic carbocycles. The van der Waals surface area contributed by atoms with E-state index in [1.54, 1.807) is 0 Å². The van der Waals surface area contributed by atoms with E-state index in [0.29, 0.717) is 6.10 Å². The van der Waals surface area contributed by atoms with Crippen molar-refractivity contribution >= 4 is 11.0 Å². The number of aromatic nitrogens is 2. The third-order valence-electron chi connectivity index (χ3n) is 3.26. The fraction of sp³-hybridized carbons (Fsp3) is 0.462. The Morgan fingerprint density at radius 3 is 3.12 bits per heavy atom. The molecular formula is C13H16N2O. The maximum Gasteiger partial charge on any atom is 0.106 e. The fourth-order valence-corrected chi connectivity index (χ4v) is 2.42. The number of aryl methyl sites for hydroxylation is 1. The summed E-state index contributed by atoms with van der Waals surface area (Å²) < 4.78 is 7.95. The second-order valence-corrected chi connectivity index (χ2v) is 4.39. The first-order valence-corrected chi connectivity index (χ1v) is 5.88. The third kappa shape index (κ3) is 1.61. The van der Waals surface area contributed by atoms with Crippen LogP contribution >= 0.6 is 0 Å². The standard InChI is InChI=1S/C13H16N2O/c1-10-14-12-6-2-3-7-13(12)15(10)9-11-5-4-8-16-11/h2-3,6-7,11H,4-5,8-9H2,1H3/t11-/m0/s1. The van der Waals surface area contributed by atoms with Crippen molar-refractivity contribution in [3.8, 4) is 0 Å². The van der Waals surface area contributed by atoms with Gasteiger partial charge in [-0.15, -0.1) is 0 Å². The van der Waals surface area contributed by atoms with Crippen LogP contribution in [0.4, 0.5) is 0 Å². The van der Waals surface area contributed by atoms with E-state index in [4.69, 9.17) is 4.74 Å². The highest BCUT2D eigenvalue weighted by molar-refractivity contribution is 5.75. The van der Waals surface area contributed by atoms with E-state index >= 15 is 0 Å². The zero-order valence-corrected chi connectivity index (χ0v) is 9.52. The van der Waals surface area contributed by atoms with Crippen molar-refractivity contribution in [3.63, 3.8) is 0 Å². The number of nitrogens with zero attached hydrogens (tertiary/aromatic N) is 2. The van der Waals surface area contributed by atoms with E-state index in [9.17, 15) is 0 Å². The molecule has 16 heavy (non-hydrogen) atoms. The number of hydrogen-bond donors (Lipinski definition) is 0. The largest absolute Gasteiger partial charge is 0.376 e. The van der Waals surface area contributed by atoms with Gasteiger partial charge in [0.15, 0.2) is 0 Å². The van der Waals surface area contributed by atoms with E-state index in [-0.39, 0.29) is 0 Å². The van der Waals surface area contributed by atoms with Crippen LogP contribution in [0.25, 0.3) is 11.0 Å². The zero-order chi connectivity index (χ0) is 11.0. The lowest BCUT2D eigenvalue weighted by atomic mass is 10.2. The number of benzene rings is 1. The molecule has 1 aromatic heterocycles. The Hall–Kier alpha value is -1.35. The van der Waals surface area contributed by atoms with Gasteiger partial charge in [-0.25, -0.2) is 4.98 Å². The monoisotopic (exact) mass is 216 g/mol. The zero-order valence-electron chi connectivity index (χ0n) is 9.52. The molecule has 0 unspecified atom stereocenters. The number of para-hydroxylation sites is 2. The molecule has 0 spiro atoms. The van der Waals surface area contributed by atoms with E-state index in [1.165, 1.54) is 18.4 Å². The first-order valence-electron chi connectivity index (χ1n) is 5.88. The van der Waals surface area contributed by atoms with Crippen molar-refractivity contribution in [2.75, 3.05) is 6.61 Å². The Balaban J connectivity index is 1.98. The molecule has 2 aromatic rings. The third-order valence-corrected chi connectivity index (χ3v) is 3.26. The summed E-state index contributed by atoms with van der Waals surface area (Å²) in [5.74, 6) is 1.08. The molecule has 1 aromatic carbocycles. The van der Waals surface area contributed by atoms with Crippen molar-refractivity contribution in [2.24, 2.45) is 0 Å². The van der Waals surface area contributed by atoms with Crippen molar-refractivity contribution in [2.45, 2.75) is 32.4 Å². The van der Waals surface area contributed by atoms with Gasteiger partial charge in [0.05, 0.1) is 23.7 Å². The Bertz CT molecular complexity index is 498. The molecule has 1 aliphatic rings. The second-order valence-electron chi connectivity index (χ2n) is 4.39. The van der Waals surface area contributed by atoms with Gasteiger partial charge in [0.1, 0.15) is 5.82 Å². The molecule has 0 amide bonds. The molecule has 0 radical (unpaired) electrons. The number of fused-ring (bicyclic) bond motifs is 1. The molecular weight excluding hydrogens is 200 g/mol. The highest BCUT2D eigenvalue weighted by atomic mass is 16.5. The predicted molar refractivity (Wildman–Crippen MR) is 63.4 cm³/mol. The summed E-state index contributed by atoms with van der Waals surface area (Å²) in [6, 6.07) is 8.29. The Kier molecular flexibility index (Phi) is 2.40. The van der Waals surface area contributed by atoms with Crippen LogP contribution < -0.4 is 0 Å². The van der Waals surface area contributed by atoms with Gasteiger partial charge >= 0.3 is 0 Å². The molecule has 0 saturated carbocycles. The van der Waals surface area contributed by atoms with Crippen molar-refractivity contribution in [1.82, 2.24) is 9.55 Å². The van der Waals surface area contributed by atoms with Crippen molar-refractivity contribution in [1.29, 1.82) is 0 Å². The highest BCUT2D eigenvalue weighted by Crippen LogP contribution is 2.20. The van der Waals surface area contributed by atoms with Crippen molar-refractivity contribution < 1.29 is 4.74 Å². The maximum atomic E-state index is 5.68. The van der Waals surface area contributed by atoms with Gasteiger partial charge in [-0.2, -0.15) is 0 Å². The predicted octanol–water partition coefficient (Wildman–Crippen LogP) is 2.52. The Labute approximate surface area is 95.0 Å². The summed E-state index contributed by atoms with van der Waals surface area (Å²) in [4.78, 5) is 4.56. The molecule has 1 aliphatic heterocycles. The van der Waals surface area contributed by atoms with Gasteiger partial charge in [0.2, 0.25) is 0 Å². The molecule has 3 rings (SSSR count). The minimum Gasteiger partial charge on any atom is -0.376 e. The molecule has 84 valence electrons. The number of ether oxygens (including phenoxy) is 1. The lowest BCUT2D eigenvalue weighted by Gasteiger charge is -2.12. The molecule has 1 fully saturated rings. The lowest BCUT2D eigenvalue weighted by Crippen LogP contribution is -2.15. The van der Waals surface area contributed by atoms with Gasteiger partial charge in [0, 0.05) is 6.61 Å². The van der Waals surface area contributed by atoms with E-state index in [0.717, 1.165) is 24.5 Å². The minimum absolute atomic E-state index is 0.372. The summed E-state index contributed by atoms with van der Waals surface area (Å²) >= 11 is 0. The number of hydrogen-bond acceptors (Lipinski definition) is 2. The van der Waals surface area contributed by atoms with Crippen LogP contribution in [0.1, 0.15) is 18.7 Å².